The molecule has 0 saturated heterocycles. The normalized spacial score (nSPS) is 13.1. The topological polar surface area (TPSA) is 87.5 Å². The molecule has 1 aliphatic rings. The molecule has 0 bridgehead atoms. The van der Waals surface area contributed by atoms with Gasteiger partial charge in [-0.2, -0.15) is 0 Å². The smallest absolute Gasteiger partial charge is 0.258 e. The summed E-state index contributed by atoms with van der Waals surface area (Å²) in [4.78, 5) is 27.3. The monoisotopic (exact) mass is 428 g/mol. The Labute approximate surface area is 188 Å². The first-order valence-electron chi connectivity index (χ1n) is 11.0. The maximum absolute atomic E-state index is 13.2. The Bertz CT molecular complexity index is 1080. The molecular formula is C26H28N4O2. The zero-order valence-corrected chi connectivity index (χ0v) is 18.0. The van der Waals surface area contributed by atoms with Gasteiger partial charge in [0.1, 0.15) is 0 Å². The molecule has 1 heterocycles. The van der Waals surface area contributed by atoms with E-state index in [1.165, 1.54) is 5.56 Å². The van der Waals surface area contributed by atoms with Crippen LogP contribution >= 0.6 is 0 Å². The highest BCUT2D eigenvalue weighted by Gasteiger charge is 2.22. The lowest BCUT2D eigenvalue weighted by atomic mass is 10.1. The lowest BCUT2D eigenvalue weighted by Gasteiger charge is -2.23. The quantitative estimate of drug-likeness (QED) is 0.550. The molecule has 32 heavy (non-hydrogen) atoms. The predicted octanol–water partition coefficient (Wildman–Crippen LogP) is 4.18. The fraction of sp³-hybridized carbons (Fsp3) is 0.231. The first-order valence-corrected chi connectivity index (χ1v) is 11.0. The zero-order valence-electron chi connectivity index (χ0n) is 18.0. The Morgan fingerprint density at radius 2 is 1.59 bits per heavy atom. The number of nitrogens with two attached hydrogens (primary N) is 1. The molecule has 3 aromatic rings. The van der Waals surface area contributed by atoms with E-state index in [2.05, 4.69) is 16.7 Å². The number of anilines is 3. The Kier molecular flexibility index (Phi) is 6.82. The van der Waals surface area contributed by atoms with E-state index in [1.54, 1.807) is 24.3 Å². The van der Waals surface area contributed by atoms with Crippen molar-refractivity contribution in [2.75, 3.05) is 28.6 Å². The SMILES string of the molecule is NCc1ccc(NCC(=O)Nc2ccc(C(=O)N3CCCCc4ccccc43)cc2)cc1. The van der Waals surface area contributed by atoms with Crippen molar-refractivity contribution in [1.82, 2.24) is 0 Å². The molecule has 0 radical (unpaired) electrons. The third kappa shape index (κ3) is 5.15. The molecule has 6 heteroatoms. The molecule has 0 spiro atoms. The molecule has 0 fully saturated rings. The Balaban J connectivity index is 1.36. The van der Waals surface area contributed by atoms with E-state index < -0.39 is 0 Å². The number of rotatable bonds is 6. The lowest BCUT2D eigenvalue weighted by Crippen LogP contribution is -2.31. The van der Waals surface area contributed by atoms with Crippen LogP contribution in [0.1, 0.15) is 34.3 Å². The Morgan fingerprint density at radius 3 is 2.34 bits per heavy atom. The molecule has 0 unspecified atom stereocenters. The molecule has 2 amide bonds. The summed E-state index contributed by atoms with van der Waals surface area (Å²) in [6.45, 7) is 1.35. The summed E-state index contributed by atoms with van der Waals surface area (Å²) >= 11 is 0. The minimum atomic E-state index is -0.159. The van der Waals surface area contributed by atoms with Gasteiger partial charge in [-0.1, -0.05) is 30.3 Å². The third-order valence-electron chi connectivity index (χ3n) is 5.66. The number of carbonyl (C=O) groups excluding carboxylic acids is 2. The summed E-state index contributed by atoms with van der Waals surface area (Å²) in [5.41, 5.74) is 11.0. The highest BCUT2D eigenvalue weighted by atomic mass is 16.2. The van der Waals surface area contributed by atoms with Crippen LogP contribution in [-0.2, 0) is 17.8 Å². The van der Waals surface area contributed by atoms with Gasteiger partial charge in [0.15, 0.2) is 0 Å². The van der Waals surface area contributed by atoms with Crippen LogP contribution in [0.15, 0.2) is 72.8 Å². The van der Waals surface area contributed by atoms with Crippen LogP contribution in [0.3, 0.4) is 0 Å². The Morgan fingerprint density at radius 1 is 0.875 bits per heavy atom. The van der Waals surface area contributed by atoms with E-state index in [0.29, 0.717) is 24.3 Å². The van der Waals surface area contributed by atoms with E-state index in [4.69, 9.17) is 5.73 Å². The number of benzene rings is 3. The molecule has 4 N–H and O–H groups in total. The van der Waals surface area contributed by atoms with Gasteiger partial charge in [-0.05, 0) is 72.9 Å². The molecular weight excluding hydrogens is 400 g/mol. The maximum Gasteiger partial charge on any atom is 0.258 e. The average Bonchev–Trinajstić information content (AvgIpc) is 3.06. The fourth-order valence-corrected chi connectivity index (χ4v) is 3.90. The summed E-state index contributed by atoms with van der Waals surface area (Å²) in [5, 5.41) is 5.95. The number of hydrogen-bond donors (Lipinski definition) is 3. The van der Waals surface area contributed by atoms with E-state index in [1.807, 2.05) is 47.4 Å². The number of para-hydroxylation sites is 1. The molecule has 0 aromatic heterocycles. The molecule has 164 valence electrons. The number of amides is 2. The van der Waals surface area contributed by atoms with Gasteiger partial charge >= 0.3 is 0 Å². The second-order valence-electron chi connectivity index (χ2n) is 7.92. The third-order valence-corrected chi connectivity index (χ3v) is 5.66. The predicted molar refractivity (Wildman–Crippen MR) is 129 cm³/mol. The van der Waals surface area contributed by atoms with Gasteiger partial charge in [0, 0.05) is 35.7 Å². The minimum Gasteiger partial charge on any atom is -0.376 e. The van der Waals surface area contributed by atoms with Crippen LogP contribution in [0.25, 0.3) is 0 Å². The molecule has 4 rings (SSSR count). The van der Waals surface area contributed by atoms with Crippen LogP contribution in [0.5, 0.6) is 0 Å². The number of carbonyl (C=O) groups is 2. The molecule has 6 nitrogen and oxygen atoms in total. The van der Waals surface area contributed by atoms with Crippen molar-refractivity contribution in [1.29, 1.82) is 0 Å². The average molecular weight is 429 g/mol. The minimum absolute atomic E-state index is 0.0141. The largest absolute Gasteiger partial charge is 0.376 e. The fourth-order valence-electron chi connectivity index (χ4n) is 3.90. The molecule has 0 atom stereocenters. The number of nitrogens with zero attached hydrogens (tertiary/aromatic N) is 1. The second-order valence-corrected chi connectivity index (χ2v) is 7.92. The summed E-state index contributed by atoms with van der Waals surface area (Å²) in [6.07, 6.45) is 3.06. The van der Waals surface area contributed by atoms with Gasteiger partial charge in [-0.25, -0.2) is 0 Å². The number of fused-ring (bicyclic) bond motifs is 1. The van der Waals surface area contributed by atoms with Gasteiger partial charge in [-0.3, -0.25) is 9.59 Å². The number of hydrogen-bond acceptors (Lipinski definition) is 4. The van der Waals surface area contributed by atoms with Gasteiger partial charge < -0.3 is 21.3 Å². The summed E-state index contributed by atoms with van der Waals surface area (Å²) in [7, 11) is 0. The standard InChI is InChI=1S/C26H28N4O2/c27-17-19-8-12-22(13-9-19)28-18-25(31)29-23-14-10-21(11-15-23)26(32)30-16-4-3-6-20-5-1-2-7-24(20)30/h1-2,5,7-15,28H,3-4,6,16-18,27H2,(H,29,31). The van der Waals surface area contributed by atoms with Crippen LogP contribution in [0.4, 0.5) is 17.1 Å². The highest BCUT2D eigenvalue weighted by Crippen LogP contribution is 2.27. The van der Waals surface area contributed by atoms with Crippen molar-refractivity contribution >= 4 is 28.9 Å². The lowest BCUT2D eigenvalue weighted by molar-refractivity contribution is -0.114. The summed E-state index contributed by atoms with van der Waals surface area (Å²) in [6, 6.07) is 22.8. The van der Waals surface area contributed by atoms with Crippen LogP contribution in [0.2, 0.25) is 0 Å². The molecule has 0 saturated carbocycles. The van der Waals surface area contributed by atoms with Crippen molar-refractivity contribution in [3.8, 4) is 0 Å². The number of nitrogens with one attached hydrogen (secondary N) is 2. The van der Waals surface area contributed by atoms with Gasteiger partial charge in [0.05, 0.1) is 6.54 Å². The van der Waals surface area contributed by atoms with E-state index >= 15 is 0 Å². The van der Waals surface area contributed by atoms with Crippen molar-refractivity contribution in [3.63, 3.8) is 0 Å². The second kappa shape index (κ2) is 10.1. The summed E-state index contributed by atoms with van der Waals surface area (Å²) < 4.78 is 0. The van der Waals surface area contributed by atoms with Crippen LogP contribution in [0, 0.1) is 0 Å². The Hall–Kier alpha value is -3.64. The van der Waals surface area contributed by atoms with Crippen molar-refractivity contribution in [3.05, 3.63) is 89.5 Å². The molecule has 1 aliphatic heterocycles. The van der Waals surface area contributed by atoms with E-state index in [0.717, 1.165) is 36.2 Å². The van der Waals surface area contributed by atoms with Gasteiger partial charge in [0.25, 0.3) is 5.91 Å². The van der Waals surface area contributed by atoms with Crippen molar-refractivity contribution in [2.24, 2.45) is 5.73 Å². The van der Waals surface area contributed by atoms with E-state index in [-0.39, 0.29) is 18.4 Å². The van der Waals surface area contributed by atoms with Crippen LogP contribution < -0.4 is 21.3 Å². The molecule has 3 aromatic carbocycles. The highest BCUT2D eigenvalue weighted by molar-refractivity contribution is 6.07. The van der Waals surface area contributed by atoms with Gasteiger partial charge in [0.2, 0.25) is 5.91 Å². The molecule has 0 aliphatic carbocycles. The maximum atomic E-state index is 13.2. The van der Waals surface area contributed by atoms with Crippen LogP contribution in [-0.4, -0.2) is 24.9 Å². The van der Waals surface area contributed by atoms with Gasteiger partial charge in [-0.15, -0.1) is 0 Å². The summed E-state index contributed by atoms with van der Waals surface area (Å²) in [5.74, 6) is -0.173. The zero-order chi connectivity index (χ0) is 22.3. The van der Waals surface area contributed by atoms with Crippen molar-refractivity contribution < 1.29 is 9.59 Å². The van der Waals surface area contributed by atoms with Crippen molar-refractivity contribution in [2.45, 2.75) is 25.8 Å². The van der Waals surface area contributed by atoms with E-state index in [9.17, 15) is 9.59 Å². The number of aryl methyl sites for hydroxylation is 1. The first kappa shape index (κ1) is 21.6. The first-order chi connectivity index (χ1) is 15.6.